The first-order valence-electron chi connectivity index (χ1n) is 3.54. The highest BCUT2D eigenvalue weighted by Gasteiger charge is 2.11. The number of carboxylic acids is 1. The van der Waals surface area contributed by atoms with Crippen molar-refractivity contribution in [3.8, 4) is 6.07 Å². The lowest BCUT2D eigenvalue weighted by molar-refractivity contribution is -0.136. The van der Waals surface area contributed by atoms with Crippen LogP contribution in [0, 0.1) is 11.3 Å². The standard InChI is InChI=1S/C6H10N2O4S/c7-3-1-4-8-13(11,12)5-2-6(9)10/h8H,1-2,4-5H2,(H,9,10). The molecule has 0 rings (SSSR count). The molecular weight excluding hydrogens is 196 g/mol. The van der Waals surface area contributed by atoms with Gasteiger partial charge in [-0.05, 0) is 0 Å². The number of rotatable bonds is 6. The van der Waals surface area contributed by atoms with Crippen molar-refractivity contribution in [2.45, 2.75) is 12.8 Å². The summed E-state index contributed by atoms with van der Waals surface area (Å²) in [6.07, 6.45) is -0.353. The zero-order chi connectivity index (χ0) is 10.3. The molecule has 0 aliphatic carbocycles. The van der Waals surface area contributed by atoms with Gasteiger partial charge < -0.3 is 5.11 Å². The van der Waals surface area contributed by atoms with E-state index < -0.39 is 28.2 Å². The Bertz CT molecular complexity index is 303. The van der Waals surface area contributed by atoms with Crippen molar-refractivity contribution in [1.29, 1.82) is 5.26 Å². The van der Waals surface area contributed by atoms with Gasteiger partial charge in [0.2, 0.25) is 10.0 Å². The van der Waals surface area contributed by atoms with Crippen LogP contribution in [0.15, 0.2) is 0 Å². The fraction of sp³-hybridized carbons (Fsp3) is 0.667. The fourth-order valence-electron chi connectivity index (χ4n) is 0.556. The van der Waals surface area contributed by atoms with E-state index in [0.717, 1.165) is 0 Å². The molecule has 0 unspecified atom stereocenters. The Labute approximate surface area is 76.2 Å². The first-order valence-corrected chi connectivity index (χ1v) is 5.19. The number of sulfonamides is 1. The Balaban J connectivity index is 3.82. The molecule has 0 saturated carbocycles. The van der Waals surface area contributed by atoms with Crippen LogP contribution < -0.4 is 4.72 Å². The number of hydrogen-bond acceptors (Lipinski definition) is 4. The summed E-state index contributed by atoms with van der Waals surface area (Å²) < 4.78 is 24.0. The molecule has 0 spiro atoms. The predicted molar refractivity (Wildman–Crippen MR) is 44.3 cm³/mol. The number of nitrogens with zero attached hydrogens (tertiary/aromatic N) is 1. The maximum Gasteiger partial charge on any atom is 0.304 e. The van der Waals surface area contributed by atoms with Crippen molar-refractivity contribution in [1.82, 2.24) is 4.72 Å². The van der Waals surface area contributed by atoms with E-state index in [-0.39, 0.29) is 13.0 Å². The largest absolute Gasteiger partial charge is 0.481 e. The highest BCUT2D eigenvalue weighted by molar-refractivity contribution is 7.89. The third kappa shape index (κ3) is 7.24. The van der Waals surface area contributed by atoms with Crippen LogP contribution in [-0.4, -0.2) is 31.8 Å². The van der Waals surface area contributed by atoms with E-state index in [1.807, 2.05) is 0 Å². The molecule has 0 heterocycles. The minimum absolute atomic E-state index is 0.0262. The predicted octanol–water partition coefficient (Wildman–Crippen LogP) is -0.706. The first kappa shape index (κ1) is 11.9. The van der Waals surface area contributed by atoms with E-state index in [0.29, 0.717) is 0 Å². The molecule has 0 aliphatic heterocycles. The topological polar surface area (TPSA) is 107 Å². The van der Waals surface area contributed by atoms with Gasteiger partial charge in [0.1, 0.15) is 0 Å². The SMILES string of the molecule is N#CCCNS(=O)(=O)CCC(=O)O. The van der Waals surface area contributed by atoms with Crippen molar-refractivity contribution in [2.24, 2.45) is 0 Å². The Morgan fingerprint density at radius 3 is 2.62 bits per heavy atom. The summed E-state index contributed by atoms with van der Waals surface area (Å²) >= 11 is 0. The van der Waals surface area contributed by atoms with Crippen LogP contribution in [0.3, 0.4) is 0 Å². The third-order valence-electron chi connectivity index (χ3n) is 1.14. The first-order chi connectivity index (χ1) is 5.98. The normalized spacial score (nSPS) is 10.7. The van der Waals surface area contributed by atoms with Crippen molar-refractivity contribution in [3.05, 3.63) is 0 Å². The molecule has 0 amide bonds. The van der Waals surface area contributed by atoms with Crippen LogP contribution in [0.1, 0.15) is 12.8 Å². The van der Waals surface area contributed by atoms with Crippen LogP contribution in [0.25, 0.3) is 0 Å². The van der Waals surface area contributed by atoms with Crippen LogP contribution >= 0.6 is 0 Å². The van der Waals surface area contributed by atoms with Gasteiger partial charge in [-0.15, -0.1) is 0 Å². The second kappa shape index (κ2) is 5.50. The number of nitriles is 1. The van der Waals surface area contributed by atoms with E-state index in [1.54, 1.807) is 6.07 Å². The van der Waals surface area contributed by atoms with Crippen molar-refractivity contribution in [3.63, 3.8) is 0 Å². The summed E-state index contributed by atoms with van der Waals surface area (Å²) in [5.74, 6) is -1.61. The minimum Gasteiger partial charge on any atom is -0.481 e. The summed E-state index contributed by atoms with van der Waals surface area (Å²) in [6, 6.07) is 1.76. The molecule has 0 aromatic carbocycles. The molecule has 0 radical (unpaired) electrons. The molecule has 0 bridgehead atoms. The van der Waals surface area contributed by atoms with Gasteiger partial charge in [-0.2, -0.15) is 5.26 Å². The summed E-state index contributed by atoms with van der Waals surface area (Å²) in [7, 11) is -3.53. The summed E-state index contributed by atoms with van der Waals surface area (Å²) in [6.45, 7) is 0.0262. The molecule has 0 saturated heterocycles. The van der Waals surface area contributed by atoms with Gasteiger partial charge in [0.25, 0.3) is 0 Å². The van der Waals surface area contributed by atoms with Gasteiger partial charge in [0.15, 0.2) is 0 Å². The van der Waals surface area contributed by atoms with E-state index >= 15 is 0 Å². The number of hydrogen-bond donors (Lipinski definition) is 2. The van der Waals surface area contributed by atoms with E-state index in [9.17, 15) is 13.2 Å². The molecular formula is C6H10N2O4S. The lowest BCUT2D eigenvalue weighted by atomic mass is 10.5. The number of carbonyl (C=O) groups is 1. The monoisotopic (exact) mass is 206 g/mol. The summed E-state index contributed by atoms with van der Waals surface area (Å²) in [5.41, 5.74) is 0. The molecule has 0 aromatic rings. The lowest BCUT2D eigenvalue weighted by Gasteiger charge is -2.01. The van der Waals surface area contributed by atoms with Gasteiger partial charge in [0.05, 0.1) is 18.2 Å². The third-order valence-corrected chi connectivity index (χ3v) is 2.53. The quantitative estimate of drug-likeness (QED) is 0.558. The van der Waals surface area contributed by atoms with Crippen LogP contribution in [0.5, 0.6) is 0 Å². The Hall–Kier alpha value is -1.13. The second-order valence-corrected chi connectivity index (χ2v) is 4.19. The molecule has 13 heavy (non-hydrogen) atoms. The molecule has 7 heteroatoms. The number of nitrogens with one attached hydrogen (secondary N) is 1. The summed E-state index contributed by atoms with van der Waals surface area (Å²) in [5, 5.41) is 16.3. The molecule has 6 nitrogen and oxygen atoms in total. The smallest absolute Gasteiger partial charge is 0.304 e. The number of carboxylic acid groups (broad SMARTS) is 1. The molecule has 0 aromatic heterocycles. The van der Waals surface area contributed by atoms with Crippen molar-refractivity contribution < 1.29 is 18.3 Å². The Morgan fingerprint density at radius 2 is 2.15 bits per heavy atom. The second-order valence-electron chi connectivity index (χ2n) is 2.27. The maximum absolute atomic E-state index is 10.9. The molecule has 2 N–H and O–H groups in total. The van der Waals surface area contributed by atoms with Gasteiger partial charge in [-0.1, -0.05) is 0 Å². The average molecular weight is 206 g/mol. The van der Waals surface area contributed by atoms with Gasteiger partial charge in [-0.3, -0.25) is 4.79 Å². The van der Waals surface area contributed by atoms with Crippen LogP contribution in [-0.2, 0) is 14.8 Å². The Morgan fingerprint density at radius 1 is 1.54 bits per heavy atom. The van der Waals surface area contributed by atoms with Crippen LogP contribution in [0.2, 0.25) is 0 Å². The zero-order valence-corrected chi connectivity index (χ0v) is 7.67. The van der Waals surface area contributed by atoms with Gasteiger partial charge in [0, 0.05) is 13.0 Å². The van der Waals surface area contributed by atoms with Crippen molar-refractivity contribution >= 4 is 16.0 Å². The zero-order valence-electron chi connectivity index (χ0n) is 6.86. The average Bonchev–Trinajstić information content (AvgIpc) is 2.02. The maximum atomic E-state index is 10.9. The van der Waals surface area contributed by atoms with E-state index in [2.05, 4.69) is 4.72 Å². The highest BCUT2D eigenvalue weighted by atomic mass is 32.2. The fourth-order valence-corrected chi connectivity index (χ4v) is 1.56. The highest BCUT2D eigenvalue weighted by Crippen LogP contribution is 1.89. The number of aliphatic carboxylic acids is 1. The lowest BCUT2D eigenvalue weighted by Crippen LogP contribution is -2.28. The van der Waals surface area contributed by atoms with E-state index in [4.69, 9.17) is 10.4 Å². The minimum atomic E-state index is -3.53. The molecule has 0 atom stereocenters. The van der Waals surface area contributed by atoms with Crippen molar-refractivity contribution in [2.75, 3.05) is 12.3 Å². The Kier molecular flexibility index (Phi) is 5.03. The summed E-state index contributed by atoms with van der Waals surface area (Å²) in [4.78, 5) is 10.0. The van der Waals surface area contributed by atoms with Gasteiger partial charge in [-0.25, -0.2) is 13.1 Å². The van der Waals surface area contributed by atoms with E-state index in [1.165, 1.54) is 0 Å². The molecule has 0 fully saturated rings. The van der Waals surface area contributed by atoms with Crippen LogP contribution in [0.4, 0.5) is 0 Å². The molecule has 0 aliphatic rings. The van der Waals surface area contributed by atoms with Gasteiger partial charge >= 0.3 is 5.97 Å². The molecule has 74 valence electrons.